The fourth-order valence-corrected chi connectivity index (χ4v) is 0.604. The Balaban J connectivity index is 4.22. The summed E-state index contributed by atoms with van der Waals surface area (Å²) in [7, 11) is 1.90. The Hall–Kier alpha value is -0.980. The molecule has 0 aliphatic heterocycles. The summed E-state index contributed by atoms with van der Waals surface area (Å²) in [5.41, 5.74) is 2.29. The molecular weight excluding hydrogens is 122 g/mol. The Morgan fingerprint density at radius 2 is 2.10 bits per heavy atom. The van der Waals surface area contributed by atoms with Crippen LogP contribution < -0.4 is 5.32 Å². The van der Waals surface area contributed by atoms with E-state index < -0.39 is 0 Å². The van der Waals surface area contributed by atoms with Gasteiger partial charge in [-0.1, -0.05) is 18.7 Å². The molecule has 0 amide bonds. The topological polar surface area (TPSA) is 12.0 Å². The van der Waals surface area contributed by atoms with Crippen molar-refractivity contribution in [2.45, 2.75) is 13.8 Å². The van der Waals surface area contributed by atoms with Crippen LogP contribution in [0.1, 0.15) is 13.8 Å². The van der Waals surface area contributed by atoms with E-state index in [2.05, 4.69) is 11.9 Å². The van der Waals surface area contributed by atoms with Crippen molar-refractivity contribution in [3.63, 3.8) is 0 Å². The molecule has 0 rings (SSSR count). The van der Waals surface area contributed by atoms with E-state index in [0.29, 0.717) is 0 Å². The molecule has 0 fully saturated rings. The molecule has 0 aliphatic carbocycles. The first kappa shape index (κ1) is 9.02. The monoisotopic (exact) mass is 137 g/mol. The SMILES string of the molecule is C=C/C(C)=C\C(=C/C)NC. The molecule has 0 saturated heterocycles. The van der Waals surface area contributed by atoms with Crippen molar-refractivity contribution in [1.82, 2.24) is 5.32 Å². The lowest BCUT2D eigenvalue weighted by Gasteiger charge is -1.98. The van der Waals surface area contributed by atoms with Gasteiger partial charge < -0.3 is 5.32 Å². The maximum atomic E-state index is 3.66. The lowest BCUT2D eigenvalue weighted by molar-refractivity contribution is 1.02. The summed E-state index contributed by atoms with van der Waals surface area (Å²) in [6.07, 6.45) is 5.90. The van der Waals surface area contributed by atoms with E-state index in [1.807, 2.05) is 39.1 Å². The van der Waals surface area contributed by atoms with Crippen molar-refractivity contribution < 1.29 is 0 Å². The third kappa shape index (κ3) is 3.13. The molecule has 1 nitrogen and oxygen atoms in total. The molecule has 1 N–H and O–H groups in total. The van der Waals surface area contributed by atoms with Gasteiger partial charge in [0.05, 0.1) is 0 Å². The van der Waals surface area contributed by atoms with Crippen LogP contribution in [0.5, 0.6) is 0 Å². The van der Waals surface area contributed by atoms with Crippen molar-refractivity contribution in [3.05, 3.63) is 36.1 Å². The van der Waals surface area contributed by atoms with E-state index in [1.54, 1.807) is 0 Å². The van der Waals surface area contributed by atoms with Gasteiger partial charge in [0, 0.05) is 12.7 Å². The van der Waals surface area contributed by atoms with Gasteiger partial charge in [-0.3, -0.25) is 0 Å². The third-order valence-electron chi connectivity index (χ3n) is 1.30. The Kier molecular flexibility index (Phi) is 4.38. The quantitative estimate of drug-likeness (QED) is 0.588. The molecule has 0 saturated carbocycles. The van der Waals surface area contributed by atoms with E-state index in [4.69, 9.17) is 0 Å². The van der Waals surface area contributed by atoms with Gasteiger partial charge in [0.25, 0.3) is 0 Å². The van der Waals surface area contributed by atoms with Gasteiger partial charge in [-0.25, -0.2) is 0 Å². The minimum absolute atomic E-state index is 1.12. The van der Waals surface area contributed by atoms with Crippen LogP contribution in [0.2, 0.25) is 0 Å². The van der Waals surface area contributed by atoms with Gasteiger partial charge in [0.2, 0.25) is 0 Å². The van der Waals surface area contributed by atoms with Crippen LogP contribution in [0.3, 0.4) is 0 Å². The molecule has 10 heavy (non-hydrogen) atoms. The van der Waals surface area contributed by atoms with Crippen LogP contribution in [0, 0.1) is 0 Å². The first-order chi connectivity index (χ1) is 4.74. The highest BCUT2D eigenvalue weighted by Crippen LogP contribution is 1.98. The highest BCUT2D eigenvalue weighted by molar-refractivity contribution is 5.25. The van der Waals surface area contributed by atoms with Gasteiger partial charge >= 0.3 is 0 Å². The zero-order chi connectivity index (χ0) is 7.98. The van der Waals surface area contributed by atoms with E-state index in [0.717, 1.165) is 5.70 Å². The second-order valence-electron chi connectivity index (χ2n) is 2.09. The molecule has 0 aromatic rings. The normalized spacial score (nSPS) is 13.1. The largest absolute Gasteiger partial charge is 0.388 e. The third-order valence-corrected chi connectivity index (χ3v) is 1.30. The van der Waals surface area contributed by atoms with Crippen LogP contribution >= 0.6 is 0 Å². The van der Waals surface area contributed by atoms with Crippen molar-refractivity contribution in [2.75, 3.05) is 7.05 Å². The molecule has 0 spiro atoms. The molecular formula is C9H15N. The van der Waals surface area contributed by atoms with Crippen molar-refractivity contribution >= 4 is 0 Å². The highest BCUT2D eigenvalue weighted by Gasteiger charge is 1.84. The fourth-order valence-electron chi connectivity index (χ4n) is 0.604. The van der Waals surface area contributed by atoms with E-state index in [1.165, 1.54) is 5.57 Å². The first-order valence-corrected chi connectivity index (χ1v) is 3.39. The van der Waals surface area contributed by atoms with Crippen LogP contribution in [-0.4, -0.2) is 7.05 Å². The van der Waals surface area contributed by atoms with Gasteiger partial charge in [-0.15, -0.1) is 0 Å². The zero-order valence-electron chi connectivity index (χ0n) is 6.94. The maximum Gasteiger partial charge on any atom is 0.0296 e. The number of rotatable bonds is 3. The van der Waals surface area contributed by atoms with Gasteiger partial charge in [-0.2, -0.15) is 0 Å². The van der Waals surface area contributed by atoms with Crippen LogP contribution in [-0.2, 0) is 0 Å². The minimum Gasteiger partial charge on any atom is -0.388 e. The summed E-state index contributed by atoms with van der Waals surface area (Å²) in [5.74, 6) is 0. The van der Waals surface area contributed by atoms with Crippen LogP contribution in [0.25, 0.3) is 0 Å². The molecule has 56 valence electrons. The van der Waals surface area contributed by atoms with Crippen LogP contribution in [0.15, 0.2) is 36.1 Å². The zero-order valence-corrected chi connectivity index (χ0v) is 6.94. The number of hydrogen-bond donors (Lipinski definition) is 1. The predicted octanol–water partition coefficient (Wildman–Crippen LogP) is 2.24. The Morgan fingerprint density at radius 1 is 1.50 bits per heavy atom. The van der Waals surface area contributed by atoms with Crippen LogP contribution in [0.4, 0.5) is 0 Å². The fraction of sp³-hybridized carbons (Fsp3) is 0.333. The molecule has 0 radical (unpaired) electrons. The maximum absolute atomic E-state index is 3.66. The Bertz CT molecular complexity index is 164. The molecule has 0 aliphatic rings. The molecule has 0 heterocycles. The van der Waals surface area contributed by atoms with E-state index in [9.17, 15) is 0 Å². The van der Waals surface area contributed by atoms with Gasteiger partial charge in [0.15, 0.2) is 0 Å². The molecule has 0 aromatic heterocycles. The number of likely N-dealkylation sites (N-methyl/N-ethyl adjacent to an activating group) is 1. The highest BCUT2D eigenvalue weighted by atomic mass is 14.8. The number of allylic oxidation sites excluding steroid dienone is 4. The summed E-state index contributed by atoms with van der Waals surface area (Å²) < 4.78 is 0. The van der Waals surface area contributed by atoms with Gasteiger partial charge in [0.1, 0.15) is 0 Å². The minimum atomic E-state index is 1.12. The second-order valence-corrected chi connectivity index (χ2v) is 2.09. The second kappa shape index (κ2) is 4.86. The lowest BCUT2D eigenvalue weighted by atomic mass is 10.2. The molecule has 0 atom stereocenters. The molecule has 0 unspecified atom stereocenters. The molecule has 0 aromatic carbocycles. The summed E-state index contributed by atoms with van der Waals surface area (Å²) in [5, 5.41) is 3.05. The summed E-state index contributed by atoms with van der Waals surface area (Å²) in [6, 6.07) is 0. The molecule has 1 heteroatoms. The molecule has 0 bridgehead atoms. The van der Waals surface area contributed by atoms with E-state index >= 15 is 0 Å². The predicted molar refractivity (Wildman–Crippen MR) is 46.8 cm³/mol. The average molecular weight is 137 g/mol. The Labute approximate surface area is 63.1 Å². The standard InChI is InChI=1S/C9H15N/c1-5-8(3)7-9(6-2)10-4/h5-7,10H,1H2,2-4H3/b8-7-,9-6+. The smallest absolute Gasteiger partial charge is 0.0296 e. The summed E-state index contributed by atoms with van der Waals surface area (Å²) in [4.78, 5) is 0. The number of nitrogens with one attached hydrogen (secondary N) is 1. The Morgan fingerprint density at radius 3 is 2.40 bits per heavy atom. The van der Waals surface area contributed by atoms with Crippen molar-refractivity contribution in [1.29, 1.82) is 0 Å². The average Bonchev–Trinajstić information content (AvgIpc) is 1.99. The summed E-state index contributed by atoms with van der Waals surface area (Å²) >= 11 is 0. The van der Waals surface area contributed by atoms with Crippen molar-refractivity contribution in [3.8, 4) is 0 Å². The van der Waals surface area contributed by atoms with Crippen molar-refractivity contribution in [2.24, 2.45) is 0 Å². The van der Waals surface area contributed by atoms with Gasteiger partial charge in [-0.05, 0) is 25.5 Å². The van der Waals surface area contributed by atoms with E-state index in [-0.39, 0.29) is 0 Å². The first-order valence-electron chi connectivity index (χ1n) is 3.39. The lowest BCUT2D eigenvalue weighted by Crippen LogP contribution is -2.02. The number of hydrogen-bond acceptors (Lipinski definition) is 1. The summed E-state index contributed by atoms with van der Waals surface area (Å²) in [6.45, 7) is 7.68.